The average Bonchev–Trinajstić information content (AvgIpc) is 3.16. The number of hydrogen-bond donors (Lipinski definition) is 2. The highest BCUT2D eigenvalue weighted by Gasteiger charge is 2.28. The van der Waals surface area contributed by atoms with Gasteiger partial charge in [0.25, 0.3) is 5.91 Å². The summed E-state index contributed by atoms with van der Waals surface area (Å²) in [6.45, 7) is 12.4. The van der Waals surface area contributed by atoms with Crippen LogP contribution >= 0.6 is 0 Å². The zero-order valence-corrected chi connectivity index (χ0v) is 18.1. The summed E-state index contributed by atoms with van der Waals surface area (Å²) in [6, 6.07) is 10.2. The van der Waals surface area contributed by atoms with Crippen molar-refractivity contribution in [3.8, 4) is 17.3 Å². The van der Waals surface area contributed by atoms with E-state index in [-0.39, 0.29) is 5.91 Å². The van der Waals surface area contributed by atoms with Crippen molar-refractivity contribution < 1.29 is 4.79 Å². The van der Waals surface area contributed by atoms with Crippen LogP contribution in [0.2, 0.25) is 0 Å². The molecule has 1 amide bonds. The number of aryl methyl sites for hydroxylation is 2. The minimum Gasteiger partial charge on any atom is -0.350 e. The molecule has 0 fully saturated rings. The lowest BCUT2D eigenvalue weighted by Gasteiger charge is -2.25. The molecule has 2 rings (SSSR count). The number of rotatable bonds is 8. The van der Waals surface area contributed by atoms with Crippen LogP contribution in [0.3, 0.4) is 0 Å². The van der Waals surface area contributed by atoms with Crippen molar-refractivity contribution in [3.05, 3.63) is 41.1 Å². The van der Waals surface area contributed by atoms with Crippen LogP contribution in [-0.2, 0) is 0 Å². The number of benzene rings is 1. The Bertz CT molecular complexity index is 803. The molecular formula is C23H34N4O. The van der Waals surface area contributed by atoms with Crippen molar-refractivity contribution in [1.82, 2.24) is 15.5 Å². The minimum absolute atomic E-state index is 0.138. The van der Waals surface area contributed by atoms with E-state index in [0.29, 0.717) is 12.1 Å². The number of aromatic amines is 1. The standard InChI is InChI=1S/C21H28N4O.C2H6/c1-5-7-10-21(6-2,13-22)14-23-20(26)18-12-17(9-8-15(18)3)19-11-16(4)24-25-19;1-2/h8-9,11-12H,5-7,10,14H2,1-4H3,(H,23,26)(H,24,25);1-2H3. The molecule has 1 aromatic carbocycles. The Morgan fingerprint density at radius 2 is 1.96 bits per heavy atom. The summed E-state index contributed by atoms with van der Waals surface area (Å²) >= 11 is 0. The third kappa shape index (κ3) is 5.95. The van der Waals surface area contributed by atoms with Gasteiger partial charge in [0.05, 0.1) is 17.2 Å². The Kier molecular flexibility index (Phi) is 9.44. The van der Waals surface area contributed by atoms with Crippen LogP contribution in [0.15, 0.2) is 24.3 Å². The van der Waals surface area contributed by atoms with E-state index in [1.165, 1.54) is 0 Å². The first-order valence-corrected chi connectivity index (χ1v) is 10.3. The fourth-order valence-corrected chi connectivity index (χ4v) is 3.02. The molecular weight excluding hydrogens is 348 g/mol. The van der Waals surface area contributed by atoms with Crippen LogP contribution in [-0.4, -0.2) is 22.6 Å². The molecule has 0 aliphatic carbocycles. The lowest BCUT2D eigenvalue weighted by Crippen LogP contribution is -2.36. The Morgan fingerprint density at radius 3 is 2.50 bits per heavy atom. The number of carbonyl (C=O) groups excluding carboxylic acids is 1. The molecule has 0 saturated carbocycles. The van der Waals surface area contributed by atoms with Gasteiger partial charge in [-0.1, -0.05) is 52.7 Å². The largest absolute Gasteiger partial charge is 0.350 e. The second-order valence-electron chi connectivity index (χ2n) is 7.00. The molecule has 0 aliphatic rings. The number of nitrogens with zero attached hydrogens (tertiary/aromatic N) is 2. The zero-order chi connectivity index (χ0) is 21.2. The maximum absolute atomic E-state index is 12.8. The van der Waals surface area contributed by atoms with Crippen LogP contribution in [0.25, 0.3) is 11.3 Å². The van der Waals surface area contributed by atoms with E-state index < -0.39 is 5.41 Å². The van der Waals surface area contributed by atoms with Crippen LogP contribution in [0.4, 0.5) is 0 Å². The summed E-state index contributed by atoms with van der Waals surface area (Å²) in [6.07, 6.45) is 3.57. The molecule has 1 aromatic heterocycles. The second kappa shape index (κ2) is 11.3. The van der Waals surface area contributed by atoms with E-state index in [4.69, 9.17) is 0 Å². The predicted molar refractivity (Wildman–Crippen MR) is 115 cm³/mol. The highest BCUT2D eigenvalue weighted by molar-refractivity contribution is 5.96. The quantitative estimate of drug-likeness (QED) is 0.627. The van der Waals surface area contributed by atoms with Gasteiger partial charge in [0, 0.05) is 23.4 Å². The molecule has 0 bridgehead atoms. The van der Waals surface area contributed by atoms with Crippen molar-refractivity contribution in [1.29, 1.82) is 5.26 Å². The molecule has 1 atom stereocenters. The molecule has 28 heavy (non-hydrogen) atoms. The van der Waals surface area contributed by atoms with Crippen molar-refractivity contribution in [2.75, 3.05) is 6.54 Å². The first-order valence-electron chi connectivity index (χ1n) is 10.3. The molecule has 2 N–H and O–H groups in total. The van der Waals surface area contributed by atoms with Crippen molar-refractivity contribution >= 4 is 5.91 Å². The summed E-state index contributed by atoms with van der Waals surface area (Å²) in [5.41, 5.74) is 3.74. The number of carbonyl (C=O) groups is 1. The Labute approximate surface area is 169 Å². The topological polar surface area (TPSA) is 81.6 Å². The van der Waals surface area contributed by atoms with Gasteiger partial charge in [-0.2, -0.15) is 10.4 Å². The molecule has 5 heteroatoms. The van der Waals surface area contributed by atoms with Crippen LogP contribution < -0.4 is 5.32 Å². The highest BCUT2D eigenvalue weighted by atomic mass is 16.1. The smallest absolute Gasteiger partial charge is 0.251 e. The molecule has 0 aliphatic heterocycles. The fourth-order valence-electron chi connectivity index (χ4n) is 3.02. The van der Waals surface area contributed by atoms with Gasteiger partial charge in [-0.25, -0.2) is 0 Å². The lowest BCUT2D eigenvalue weighted by molar-refractivity contribution is 0.0936. The van der Waals surface area contributed by atoms with Gasteiger partial charge in [-0.05, 0) is 44.4 Å². The molecule has 5 nitrogen and oxygen atoms in total. The summed E-state index contributed by atoms with van der Waals surface area (Å²) in [5, 5.41) is 19.8. The van der Waals surface area contributed by atoms with Gasteiger partial charge in [0.2, 0.25) is 0 Å². The molecule has 2 aromatic rings. The van der Waals surface area contributed by atoms with Crippen LogP contribution in [0.5, 0.6) is 0 Å². The molecule has 0 radical (unpaired) electrons. The number of H-pyrrole nitrogens is 1. The minimum atomic E-state index is -0.490. The first-order chi connectivity index (χ1) is 13.4. The number of unbranched alkanes of at least 4 members (excludes halogenated alkanes) is 1. The molecule has 0 spiro atoms. The van der Waals surface area contributed by atoms with E-state index in [9.17, 15) is 10.1 Å². The molecule has 152 valence electrons. The fraction of sp³-hybridized carbons (Fsp3) is 0.522. The number of nitriles is 1. The second-order valence-corrected chi connectivity index (χ2v) is 7.00. The van der Waals surface area contributed by atoms with Gasteiger partial charge >= 0.3 is 0 Å². The third-order valence-electron chi connectivity index (χ3n) is 4.99. The van der Waals surface area contributed by atoms with Crippen LogP contribution in [0, 0.1) is 30.6 Å². The number of aromatic nitrogens is 2. The van der Waals surface area contributed by atoms with Gasteiger partial charge in [-0.3, -0.25) is 9.89 Å². The Hall–Kier alpha value is -2.61. The van der Waals surface area contributed by atoms with Crippen LogP contribution in [0.1, 0.15) is 75.0 Å². The summed E-state index contributed by atoms with van der Waals surface area (Å²) in [5.74, 6) is -0.138. The maximum Gasteiger partial charge on any atom is 0.251 e. The van der Waals surface area contributed by atoms with Crippen molar-refractivity contribution in [2.45, 2.75) is 67.2 Å². The maximum atomic E-state index is 12.8. The van der Waals surface area contributed by atoms with Gasteiger partial charge in [0.1, 0.15) is 0 Å². The van der Waals surface area contributed by atoms with E-state index in [0.717, 1.165) is 48.2 Å². The van der Waals surface area contributed by atoms with Crippen molar-refractivity contribution in [3.63, 3.8) is 0 Å². The summed E-state index contributed by atoms with van der Waals surface area (Å²) in [4.78, 5) is 12.8. The number of amides is 1. The molecule has 1 heterocycles. The predicted octanol–water partition coefficient (Wildman–Crippen LogP) is 5.56. The number of hydrogen-bond acceptors (Lipinski definition) is 3. The Morgan fingerprint density at radius 1 is 1.25 bits per heavy atom. The molecule has 0 saturated heterocycles. The summed E-state index contributed by atoms with van der Waals surface area (Å²) in [7, 11) is 0. The summed E-state index contributed by atoms with van der Waals surface area (Å²) < 4.78 is 0. The highest BCUT2D eigenvalue weighted by Crippen LogP contribution is 2.28. The average molecular weight is 383 g/mol. The number of nitrogens with one attached hydrogen (secondary N) is 2. The van der Waals surface area contributed by atoms with E-state index in [1.54, 1.807) is 0 Å². The lowest BCUT2D eigenvalue weighted by atomic mass is 9.81. The Balaban J connectivity index is 0.00000190. The van der Waals surface area contributed by atoms with Gasteiger partial charge < -0.3 is 5.32 Å². The van der Waals surface area contributed by atoms with E-state index in [2.05, 4.69) is 28.5 Å². The van der Waals surface area contributed by atoms with Gasteiger partial charge in [-0.15, -0.1) is 0 Å². The van der Waals surface area contributed by atoms with Crippen molar-refractivity contribution in [2.24, 2.45) is 5.41 Å². The SMILES string of the molecule is CC.CCCCC(C#N)(CC)CNC(=O)c1cc(-c2cc(C)[nH]n2)ccc1C. The molecule has 1 unspecified atom stereocenters. The normalized spacial score (nSPS) is 12.3. The third-order valence-corrected chi connectivity index (χ3v) is 4.99. The van der Waals surface area contributed by atoms with Gasteiger partial charge in [0.15, 0.2) is 0 Å². The van der Waals surface area contributed by atoms with E-state index >= 15 is 0 Å². The van der Waals surface area contributed by atoms with E-state index in [1.807, 2.05) is 58.9 Å². The monoisotopic (exact) mass is 382 g/mol. The first kappa shape index (κ1) is 23.4. The zero-order valence-electron chi connectivity index (χ0n) is 18.1.